The molecule has 0 bridgehead atoms. The fourth-order valence-electron chi connectivity index (χ4n) is 2.67. The third-order valence-corrected chi connectivity index (χ3v) is 5.50. The molecule has 150 valence electrons. The maximum absolute atomic E-state index is 12.3. The first-order valence-corrected chi connectivity index (χ1v) is 10.6. The van der Waals surface area contributed by atoms with E-state index in [0.29, 0.717) is 12.2 Å². The Morgan fingerprint density at radius 3 is 2.11 bits per heavy atom. The standard InChI is InChI=1S/C23H30N2O2S/c1-6-21(26)25-19-11-7-17(8-12-19)16(2)24-22(27)15-28-20-13-9-18(10-14-20)23(3,4)5/h7-14,16H,6,15H2,1-5H3,(H,24,27)(H,25,26). The molecule has 2 amide bonds. The summed E-state index contributed by atoms with van der Waals surface area (Å²) < 4.78 is 0. The molecule has 2 N–H and O–H groups in total. The van der Waals surface area contributed by atoms with Gasteiger partial charge in [-0.2, -0.15) is 0 Å². The molecule has 0 radical (unpaired) electrons. The van der Waals surface area contributed by atoms with Gasteiger partial charge in [-0.1, -0.05) is 52.0 Å². The molecular weight excluding hydrogens is 368 g/mol. The van der Waals surface area contributed by atoms with Gasteiger partial charge in [-0.25, -0.2) is 0 Å². The Labute approximate surface area is 172 Å². The number of anilines is 1. The van der Waals surface area contributed by atoms with Crippen LogP contribution in [0.2, 0.25) is 0 Å². The van der Waals surface area contributed by atoms with Gasteiger partial charge in [0.25, 0.3) is 0 Å². The molecule has 28 heavy (non-hydrogen) atoms. The zero-order chi connectivity index (χ0) is 20.7. The van der Waals surface area contributed by atoms with E-state index < -0.39 is 0 Å². The van der Waals surface area contributed by atoms with Gasteiger partial charge in [0.1, 0.15) is 0 Å². The smallest absolute Gasteiger partial charge is 0.230 e. The van der Waals surface area contributed by atoms with Crippen LogP contribution in [-0.4, -0.2) is 17.6 Å². The van der Waals surface area contributed by atoms with Gasteiger partial charge < -0.3 is 10.6 Å². The maximum atomic E-state index is 12.3. The predicted molar refractivity (Wildman–Crippen MR) is 118 cm³/mol. The highest BCUT2D eigenvalue weighted by Gasteiger charge is 2.14. The highest BCUT2D eigenvalue weighted by atomic mass is 32.2. The third kappa shape index (κ3) is 6.71. The van der Waals surface area contributed by atoms with Gasteiger partial charge in [0.2, 0.25) is 11.8 Å². The SMILES string of the molecule is CCC(=O)Nc1ccc(C(C)NC(=O)CSc2ccc(C(C)(C)C)cc2)cc1. The predicted octanol–water partition coefficient (Wildman–Crippen LogP) is 5.30. The lowest BCUT2D eigenvalue weighted by molar-refractivity contribution is -0.119. The molecule has 0 fully saturated rings. The van der Waals surface area contributed by atoms with Crippen LogP contribution in [0.3, 0.4) is 0 Å². The van der Waals surface area contributed by atoms with Crippen LogP contribution in [0.1, 0.15) is 58.2 Å². The van der Waals surface area contributed by atoms with E-state index in [0.717, 1.165) is 16.1 Å². The van der Waals surface area contributed by atoms with Gasteiger partial charge in [-0.3, -0.25) is 9.59 Å². The Bertz CT molecular complexity index is 793. The van der Waals surface area contributed by atoms with Crippen molar-refractivity contribution in [1.29, 1.82) is 0 Å². The summed E-state index contributed by atoms with van der Waals surface area (Å²) >= 11 is 1.54. The average Bonchev–Trinajstić information content (AvgIpc) is 2.66. The van der Waals surface area contributed by atoms with Crippen molar-refractivity contribution in [2.45, 2.75) is 57.4 Å². The summed E-state index contributed by atoms with van der Waals surface area (Å²) in [5.74, 6) is 0.367. The highest BCUT2D eigenvalue weighted by molar-refractivity contribution is 8.00. The molecule has 0 aliphatic heterocycles. The Balaban J connectivity index is 1.84. The molecule has 0 aromatic heterocycles. The molecule has 0 saturated heterocycles. The number of thioether (sulfide) groups is 1. The summed E-state index contributed by atoms with van der Waals surface area (Å²) in [6, 6.07) is 15.9. The molecule has 0 aliphatic carbocycles. The van der Waals surface area contributed by atoms with Crippen molar-refractivity contribution >= 4 is 29.3 Å². The number of nitrogens with one attached hydrogen (secondary N) is 2. The molecule has 2 rings (SSSR count). The van der Waals surface area contributed by atoms with Crippen LogP contribution in [0.4, 0.5) is 5.69 Å². The summed E-state index contributed by atoms with van der Waals surface area (Å²) in [5, 5.41) is 5.85. The second-order valence-corrected chi connectivity index (χ2v) is 8.92. The van der Waals surface area contributed by atoms with Gasteiger partial charge >= 0.3 is 0 Å². The van der Waals surface area contributed by atoms with E-state index in [2.05, 4.69) is 55.7 Å². The number of hydrogen-bond acceptors (Lipinski definition) is 3. The number of rotatable bonds is 7. The quantitative estimate of drug-likeness (QED) is 0.622. The van der Waals surface area contributed by atoms with Crippen LogP contribution in [0.25, 0.3) is 0 Å². The molecule has 1 unspecified atom stereocenters. The number of carbonyl (C=O) groups excluding carboxylic acids is 2. The lowest BCUT2D eigenvalue weighted by Crippen LogP contribution is -2.28. The molecule has 0 spiro atoms. The van der Waals surface area contributed by atoms with E-state index in [-0.39, 0.29) is 23.3 Å². The molecule has 0 heterocycles. The average molecular weight is 399 g/mol. The van der Waals surface area contributed by atoms with E-state index in [1.165, 1.54) is 17.3 Å². The minimum absolute atomic E-state index is 0.000704. The van der Waals surface area contributed by atoms with Crippen molar-refractivity contribution in [2.24, 2.45) is 0 Å². The Morgan fingerprint density at radius 1 is 0.964 bits per heavy atom. The van der Waals surface area contributed by atoms with E-state index >= 15 is 0 Å². The Morgan fingerprint density at radius 2 is 1.57 bits per heavy atom. The van der Waals surface area contributed by atoms with E-state index in [4.69, 9.17) is 0 Å². The van der Waals surface area contributed by atoms with E-state index in [1.54, 1.807) is 0 Å². The van der Waals surface area contributed by atoms with Gasteiger partial charge in [0, 0.05) is 17.0 Å². The molecular formula is C23H30N2O2S. The topological polar surface area (TPSA) is 58.2 Å². The first-order valence-electron chi connectivity index (χ1n) is 9.61. The van der Waals surface area contributed by atoms with Crippen molar-refractivity contribution < 1.29 is 9.59 Å². The van der Waals surface area contributed by atoms with Crippen molar-refractivity contribution in [3.63, 3.8) is 0 Å². The van der Waals surface area contributed by atoms with Gasteiger partial charge in [-0.05, 0) is 47.7 Å². The number of benzene rings is 2. The summed E-state index contributed by atoms with van der Waals surface area (Å²) in [6.45, 7) is 10.3. The molecule has 2 aromatic carbocycles. The van der Waals surface area contributed by atoms with Gasteiger partial charge in [0.05, 0.1) is 11.8 Å². The normalized spacial score (nSPS) is 12.3. The third-order valence-electron chi connectivity index (χ3n) is 4.48. The lowest BCUT2D eigenvalue weighted by Gasteiger charge is -2.19. The van der Waals surface area contributed by atoms with Crippen LogP contribution in [0, 0.1) is 0 Å². The highest BCUT2D eigenvalue weighted by Crippen LogP contribution is 2.25. The van der Waals surface area contributed by atoms with E-state index in [1.807, 2.05) is 38.1 Å². The Hall–Kier alpha value is -2.27. The fourth-order valence-corrected chi connectivity index (χ4v) is 3.38. The fraction of sp³-hybridized carbons (Fsp3) is 0.391. The minimum Gasteiger partial charge on any atom is -0.349 e. The van der Waals surface area contributed by atoms with Crippen LogP contribution < -0.4 is 10.6 Å². The van der Waals surface area contributed by atoms with Crippen molar-refractivity contribution in [2.75, 3.05) is 11.1 Å². The number of hydrogen-bond donors (Lipinski definition) is 2. The lowest BCUT2D eigenvalue weighted by atomic mass is 9.87. The number of carbonyl (C=O) groups is 2. The second kappa shape index (κ2) is 9.78. The van der Waals surface area contributed by atoms with Crippen LogP contribution >= 0.6 is 11.8 Å². The summed E-state index contributed by atoms with van der Waals surface area (Å²) in [7, 11) is 0. The zero-order valence-electron chi connectivity index (χ0n) is 17.3. The Kier molecular flexibility index (Phi) is 7.69. The maximum Gasteiger partial charge on any atom is 0.230 e. The molecule has 4 nitrogen and oxygen atoms in total. The van der Waals surface area contributed by atoms with Crippen molar-refractivity contribution in [3.8, 4) is 0 Å². The van der Waals surface area contributed by atoms with Crippen LogP contribution in [0.15, 0.2) is 53.4 Å². The molecule has 0 saturated carbocycles. The zero-order valence-corrected chi connectivity index (χ0v) is 18.2. The first kappa shape index (κ1) is 22.0. The summed E-state index contributed by atoms with van der Waals surface area (Å²) in [5.41, 5.74) is 3.18. The van der Waals surface area contributed by atoms with Crippen molar-refractivity contribution in [1.82, 2.24) is 5.32 Å². The molecule has 1 atom stereocenters. The van der Waals surface area contributed by atoms with Crippen molar-refractivity contribution in [3.05, 3.63) is 59.7 Å². The van der Waals surface area contributed by atoms with Crippen LogP contribution in [-0.2, 0) is 15.0 Å². The largest absolute Gasteiger partial charge is 0.349 e. The summed E-state index contributed by atoms with van der Waals surface area (Å²) in [6.07, 6.45) is 0.449. The van der Waals surface area contributed by atoms with Gasteiger partial charge in [-0.15, -0.1) is 11.8 Å². The van der Waals surface area contributed by atoms with Crippen LogP contribution in [0.5, 0.6) is 0 Å². The van der Waals surface area contributed by atoms with E-state index in [9.17, 15) is 9.59 Å². The molecule has 5 heteroatoms. The monoisotopic (exact) mass is 398 g/mol. The van der Waals surface area contributed by atoms with Gasteiger partial charge in [0.15, 0.2) is 0 Å². The molecule has 0 aliphatic rings. The second-order valence-electron chi connectivity index (χ2n) is 7.88. The first-order chi connectivity index (χ1) is 13.2. The summed E-state index contributed by atoms with van der Waals surface area (Å²) in [4.78, 5) is 24.8. The molecule has 2 aromatic rings. The minimum atomic E-state index is -0.0905. The number of amides is 2.